The fraction of sp³-hybridized carbons (Fsp3) is 0.611. The Hall–Kier alpha value is -1.75. The number of benzene rings is 1. The molecule has 1 amide bonds. The van der Waals surface area contributed by atoms with Crippen molar-refractivity contribution >= 4 is 5.91 Å². The highest BCUT2D eigenvalue weighted by Crippen LogP contribution is 2.35. The van der Waals surface area contributed by atoms with Crippen LogP contribution < -0.4 is 16.1 Å². The van der Waals surface area contributed by atoms with Gasteiger partial charge in [-0.1, -0.05) is 19.1 Å². The van der Waals surface area contributed by atoms with Gasteiger partial charge in [0.25, 0.3) is 0 Å². The van der Waals surface area contributed by atoms with Crippen LogP contribution >= 0.6 is 0 Å². The molecular weight excluding hydrogens is 378 g/mol. The summed E-state index contributed by atoms with van der Waals surface area (Å²) >= 11 is 0. The number of rotatable bonds is 5. The number of carbonyl (C=O) groups is 1. The Balaban J connectivity index is 1.89. The lowest BCUT2D eigenvalue weighted by atomic mass is 9.95. The predicted molar refractivity (Wildman–Crippen MR) is 95.2 cm³/mol. The maximum atomic E-state index is 13.6. The SMILES string of the molecule is CCC(c1ccc(C(F)(F)F)cc1)N1NC(CF)C2C(=O)NC(N(C)C)NC21. The molecule has 0 bridgehead atoms. The Bertz CT molecular complexity index is 696. The van der Waals surface area contributed by atoms with Crippen molar-refractivity contribution in [3.05, 3.63) is 35.4 Å². The van der Waals surface area contributed by atoms with Gasteiger partial charge in [0.1, 0.15) is 13.0 Å². The Labute approximate surface area is 161 Å². The van der Waals surface area contributed by atoms with Gasteiger partial charge in [-0.3, -0.25) is 15.0 Å². The summed E-state index contributed by atoms with van der Waals surface area (Å²) in [5, 5.41) is 7.87. The Kier molecular flexibility index (Phi) is 5.95. The number of halogens is 4. The maximum absolute atomic E-state index is 13.6. The van der Waals surface area contributed by atoms with Crippen LogP contribution in [0.25, 0.3) is 0 Å². The van der Waals surface area contributed by atoms with E-state index in [0.717, 1.165) is 12.1 Å². The molecule has 28 heavy (non-hydrogen) atoms. The molecule has 0 aromatic heterocycles. The van der Waals surface area contributed by atoms with E-state index in [4.69, 9.17) is 0 Å². The van der Waals surface area contributed by atoms with Crippen LogP contribution in [-0.2, 0) is 11.0 Å². The normalized spacial score (nSPS) is 29.6. The summed E-state index contributed by atoms with van der Waals surface area (Å²) in [6.45, 7) is 1.16. The van der Waals surface area contributed by atoms with Crippen molar-refractivity contribution in [3.8, 4) is 0 Å². The zero-order valence-electron chi connectivity index (χ0n) is 15.9. The summed E-state index contributed by atoms with van der Waals surface area (Å²) in [4.78, 5) is 14.4. The molecule has 6 nitrogen and oxygen atoms in total. The summed E-state index contributed by atoms with van der Waals surface area (Å²) < 4.78 is 52.2. The van der Waals surface area contributed by atoms with Gasteiger partial charge in [-0.05, 0) is 38.2 Å². The second-order valence-electron chi connectivity index (χ2n) is 7.35. The lowest BCUT2D eigenvalue weighted by molar-refractivity contribution is -0.137. The van der Waals surface area contributed by atoms with Gasteiger partial charge in [0, 0.05) is 0 Å². The van der Waals surface area contributed by atoms with Crippen molar-refractivity contribution in [3.63, 3.8) is 0 Å². The van der Waals surface area contributed by atoms with E-state index >= 15 is 0 Å². The van der Waals surface area contributed by atoms with Crippen molar-refractivity contribution in [2.45, 2.75) is 44.1 Å². The predicted octanol–water partition coefficient (Wildman–Crippen LogP) is 1.82. The lowest BCUT2D eigenvalue weighted by Crippen LogP contribution is -2.68. The quantitative estimate of drug-likeness (QED) is 0.655. The lowest BCUT2D eigenvalue weighted by Gasteiger charge is -2.41. The Morgan fingerprint density at radius 2 is 1.86 bits per heavy atom. The van der Waals surface area contributed by atoms with Gasteiger partial charge in [0.05, 0.1) is 29.7 Å². The van der Waals surface area contributed by atoms with Crippen LogP contribution in [0, 0.1) is 5.92 Å². The molecular formula is C18H25F4N5O. The zero-order chi connectivity index (χ0) is 20.6. The number of fused-ring (bicyclic) bond motifs is 1. The average molecular weight is 403 g/mol. The van der Waals surface area contributed by atoms with Crippen LogP contribution in [0.15, 0.2) is 24.3 Å². The molecule has 2 aliphatic rings. The molecule has 1 aromatic carbocycles. The van der Waals surface area contributed by atoms with Crippen LogP contribution in [0.2, 0.25) is 0 Å². The molecule has 0 radical (unpaired) electrons. The first-order valence-electron chi connectivity index (χ1n) is 9.17. The van der Waals surface area contributed by atoms with Crippen molar-refractivity contribution in [2.75, 3.05) is 20.8 Å². The van der Waals surface area contributed by atoms with Crippen molar-refractivity contribution in [1.82, 2.24) is 26.0 Å². The summed E-state index contributed by atoms with van der Waals surface area (Å²) in [6, 6.07) is 3.92. The smallest absolute Gasteiger partial charge is 0.327 e. The zero-order valence-corrected chi connectivity index (χ0v) is 15.9. The molecule has 5 atom stereocenters. The number of alkyl halides is 4. The van der Waals surface area contributed by atoms with Crippen molar-refractivity contribution in [1.29, 1.82) is 0 Å². The second-order valence-corrected chi connectivity index (χ2v) is 7.35. The van der Waals surface area contributed by atoms with Gasteiger partial charge in [-0.15, -0.1) is 0 Å². The minimum Gasteiger partial charge on any atom is -0.327 e. The molecule has 2 saturated heterocycles. The van der Waals surface area contributed by atoms with Crippen LogP contribution in [0.4, 0.5) is 17.6 Å². The third kappa shape index (κ3) is 3.86. The van der Waals surface area contributed by atoms with E-state index in [1.807, 2.05) is 6.92 Å². The van der Waals surface area contributed by atoms with Crippen molar-refractivity contribution < 1.29 is 22.4 Å². The van der Waals surface area contributed by atoms with Crippen molar-refractivity contribution in [2.24, 2.45) is 5.92 Å². The third-order valence-electron chi connectivity index (χ3n) is 5.33. The summed E-state index contributed by atoms with van der Waals surface area (Å²) in [5.41, 5.74) is 3.00. The average Bonchev–Trinajstić information content (AvgIpc) is 3.01. The summed E-state index contributed by atoms with van der Waals surface area (Å²) in [6.07, 6.45) is -4.76. The fourth-order valence-corrected chi connectivity index (χ4v) is 3.87. The van der Waals surface area contributed by atoms with Gasteiger partial charge >= 0.3 is 6.18 Å². The monoisotopic (exact) mass is 403 g/mol. The minimum absolute atomic E-state index is 0.262. The van der Waals surface area contributed by atoms with E-state index in [1.54, 1.807) is 24.0 Å². The van der Waals surface area contributed by atoms with Crippen LogP contribution in [0.3, 0.4) is 0 Å². The number of carbonyl (C=O) groups excluding carboxylic acids is 1. The molecule has 2 heterocycles. The number of hydrogen-bond acceptors (Lipinski definition) is 5. The van der Waals surface area contributed by atoms with E-state index in [2.05, 4.69) is 16.1 Å². The standard InChI is InChI=1S/C18H25F4N5O/c1-4-13(10-5-7-11(8-6-10)18(20,21)22)27-15-14(12(9-19)25-27)16(28)24-17(23-15)26(2)3/h5-8,12-15,17,23,25H,4,9H2,1-3H3,(H,24,28). The van der Waals surface area contributed by atoms with E-state index in [1.165, 1.54) is 12.1 Å². The Morgan fingerprint density at radius 3 is 2.36 bits per heavy atom. The second kappa shape index (κ2) is 7.94. The topological polar surface area (TPSA) is 59.6 Å². The number of hydrazine groups is 1. The molecule has 3 N–H and O–H groups in total. The summed E-state index contributed by atoms with van der Waals surface area (Å²) in [7, 11) is 3.59. The van der Waals surface area contributed by atoms with E-state index in [-0.39, 0.29) is 11.9 Å². The Morgan fingerprint density at radius 1 is 1.21 bits per heavy atom. The highest BCUT2D eigenvalue weighted by molar-refractivity contribution is 5.81. The number of hydrogen-bond donors (Lipinski definition) is 3. The molecule has 156 valence electrons. The number of amides is 1. The molecule has 1 aromatic rings. The maximum Gasteiger partial charge on any atom is 0.416 e. The number of nitrogens with zero attached hydrogens (tertiary/aromatic N) is 2. The largest absolute Gasteiger partial charge is 0.416 e. The van der Waals surface area contributed by atoms with Gasteiger partial charge in [-0.25, -0.2) is 14.8 Å². The van der Waals surface area contributed by atoms with Crippen LogP contribution in [-0.4, -0.2) is 55.1 Å². The first-order chi connectivity index (χ1) is 13.2. The minimum atomic E-state index is -4.40. The van der Waals surface area contributed by atoms with Crippen LogP contribution in [0.5, 0.6) is 0 Å². The first-order valence-corrected chi connectivity index (χ1v) is 9.17. The van der Waals surface area contributed by atoms with Gasteiger partial charge in [0.15, 0.2) is 0 Å². The van der Waals surface area contributed by atoms with E-state index < -0.39 is 42.8 Å². The highest BCUT2D eigenvalue weighted by atomic mass is 19.4. The molecule has 2 aliphatic heterocycles. The van der Waals surface area contributed by atoms with Gasteiger partial charge in [0.2, 0.25) is 5.91 Å². The van der Waals surface area contributed by atoms with Gasteiger partial charge < -0.3 is 5.32 Å². The highest BCUT2D eigenvalue weighted by Gasteiger charge is 2.51. The molecule has 3 rings (SSSR count). The molecule has 2 fully saturated rings. The van der Waals surface area contributed by atoms with E-state index in [9.17, 15) is 22.4 Å². The van der Waals surface area contributed by atoms with Gasteiger partial charge in [-0.2, -0.15) is 13.2 Å². The molecule has 0 aliphatic carbocycles. The summed E-state index contributed by atoms with van der Waals surface area (Å²) in [5.74, 6) is -0.910. The third-order valence-corrected chi connectivity index (χ3v) is 5.33. The first kappa shape index (κ1) is 21.0. The van der Waals surface area contributed by atoms with E-state index in [0.29, 0.717) is 12.0 Å². The fourth-order valence-electron chi connectivity index (χ4n) is 3.87. The van der Waals surface area contributed by atoms with Crippen LogP contribution in [0.1, 0.15) is 30.5 Å². The molecule has 0 spiro atoms. The molecule has 0 saturated carbocycles. The number of nitrogens with one attached hydrogen (secondary N) is 3. The molecule has 5 unspecified atom stereocenters. The molecule has 10 heteroatoms.